The third kappa shape index (κ3) is 6.07. The Morgan fingerprint density at radius 3 is 2.34 bits per heavy atom. The number of sulfonamides is 1. The number of piperidine rings is 1. The number of nitrogens with zero attached hydrogens (tertiary/aromatic N) is 1. The molecule has 1 amide bonds. The lowest BCUT2D eigenvalue weighted by Crippen LogP contribution is -2.49. The van der Waals surface area contributed by atoms with Crippen molar-refractivity contribution in [3.05, 3.63) is 59.9 Å². The standard InChI is InChI=1S/C24H31FN2O4S/c1-17(31-21-7-5-6-18(16-21)24(2,3)4)23(28)27-14-12-20(13-15-27)26-32(29,30)22-10-8-19(25)9-11-22/h5-11,16-17,20,26H,12-15H2,1-4H3. The van der Waals surface area contributed by atoms with E-state index in [1.54, 1.807) is 11.8 Å². The lowest BCUT2D eigenvalue weighted by molar-refractivity contribution is -0.139. The SMILES string of the molecule is CC(Oc1cccc(C(C)(C)C)c1)C(=O)N1CCC(NS(=O)(=O)c2ccc(F)cc2)CC1. The quantitative estimate of drug-likeness (QED) is 0.707. The molecule has 2 aromatic carbocycles. The molecule has 0 saturated carbocycles. The second-order valence-corrected chi connectivity index (χ2v) is 10.9. The molecule has 1 atom stereocenters. The molecule has 174 valence electrons. The molecule has 8 heteroatoms. The largest absolute Gasteiger partial charge is 0.481 e. The normalized spacial score (nSPS) is 16.6. The Labute approximate surface area is 189 Å². The van der Waals surface area contributed by atoms with Crippen LogP contribution in [0, 0.1) is 5.82 Å². The molecule has 0 aliphatic carbocycles. The van der Waals surface area contributed by atoms with E-state index in [9.17, 15) is 17.6 Å². The van der Waals surface area contributed by atoms with E-state index >= 15 is 0 Å². The molecule has 32 heavy (non-hydrogen) atoms. The maximum Gasteiger partial charge on any atom is 0.263 e. The highest BCUT2D eigenvalue weighted by atomic mass is 32.2. The van der Waals surface area contributed by atoms with E-state index < -0.39 is 21.9 Å². The van der Waals surface area contributed by atoms with Crippen molar-refractivity contribution in [1.29, 1.82) is 0 Å². The fourth-order valence-electron chi connectivity index (χ4n) is 3.67. The zero-order chi connectivity index (χ0) is 23.5. The van der Waals surface area contributed by atoms with Crippen molar-refractivity contribution < 1.29 is 22.3 Å². The maximum atomic E-state index is 13.1. The van der Waals surface area contributed by atoms with Crippen LogP contribution in [0.2, 0.25) is 0 Å². The molecular formula is C24H31FN2O4S. The summed E-state index contributed by atoms with van der Waals surface area (Å²) in [6.07, 6.45) is 0.356. The molecule has 0 bridgehead atoms. The van der Waals surface area contributed by atoms with Gasteiger partial charge >= 0.3 is 0 Å². The Balaban J connectivity index is 1.54. The van der Waals surface area contributed by atoms with E-state index in [1.807, 2.05) is 24.3 Å². The number of hydrogen-bond acceptors (Lipinski definition) is 4. The van der Waals surface area contributed by atoms with Crippen LogP contribution < -0.4 is 9.46 Å². The number of likely N-dealkylation sites (tertiary alicyclic amines) is 1. The molecule has 0 aromatic heterocycles. The molecule has 1 heterocycles. The summed E-state index contributed by atoms with van der Waals surface area (Å²) in [6.45, 7) is 8.96. The molecule has 1 unspecified atom stereocenters. The van der Waals surface area contributed by atoms with Gasteiger partial charge in [-0.25, -0.2) is 17.5 Å². The van der Waals surface area contributed by atoms with Crippen LogP contribution in [-0.2, 0) is 20.2 Å². The van der Waals surface area contributed by atoms with Gasteiger partial charge in [0.05, 0.1) is 4.90 Å². The number of carbonyl (C=O) groups excluding carboxylic acids is 1. The van der Waals surface area contributed by atoms with Gasteiger partial charge in [0.15, 0.2) is 6.10 Å². The average Bonchev–Trinajstić information content (AvgIpc) is 2.73. The molecule has 3 rings (SSSR count). The van der Waals surface area contributed by atoms with Crippen LogP contribution in [0.15, 0.2) is 53.4 Å². The number of benzene rings is 2. The van der Waals surface area contributed by atoms with Gasteiger partial charge < -0.3 is 9.64 Å². The Hall–Kier alpha value is -2.45. The summed E-state index contributed by atoms with van der Waals surface area (Å²) in [6, 6.07) is 12.2. The van der Waals surface area contributed by atoms with Gasteiger partial charge in [-0.15, -0.1) is 0 Å². The van der Waals surface area contributed by atoms with Gasteiger partial charge in [0.2, 0.25) is 10.0 Å². The van der Waals surface area contributed by atoms with Crippen molar-refractivity contribution in [3.8, 4) is 5.75 Å². The van der Waals surface area contributed by atoms with Gasteiger partial charge in [-0.2, -0.15) is 0 Å². The lowest BCUT2D eigenvalue weighted by atomic mass is 9.87. The van der Waals surface area contributed by atoms with Crippen LogP contribution in [0.25, 0.3) is 0 Å². The summed E-state index contributed by atoms with van der Waals surface area (Å²) >= 11 is 0. The third-order valence-electron chi connectivity index (χ3n) is 5.61. The Morgan fingerprint density at radius 2 is 1.75 bits per heavy atom. The first-order valence-corrected chi connectivity index (χ1v) is 12.3. The number of rotatable bonds is 6. The highest BCUT2D eigenvalue weighted by Crippen LogP contribution is 2.26. The molecule has 1 saturated heterocycles. The highest BCUT2D eigenvalue weighted by molar-refractivity contribution is 7.89. The van der Waals surface area contributed by atoms with E-state index in [4.69, 9.17) is 4.74 Å². The van der Waals surface area contributed by atoms with Gasteiger partial charge in [0.25, 0.3) is 5.91 Å². The number of ether oxygens (including phenoxy) is 1. The predicted molar refractivity (Wildman–Crippen MR) is 122 cm³/mol. The monoisotopic (exact) mass is 462 g/mol. The van der Waals surface area contributed by atoms with E-state index in [2.05, 4.69) is 25.5 Å². The molecule has 1 N–H and O–H groups in total. The second kappa shape index (κ2) is 9.58. The fourth-order valence-corrected chi connectivity index (χ4v) is 4.97. The van der Waals surface area contributed by atoms with Crippen LogP contribution in [0.3, 0.4) is 0 Å². The Kier molecular flexibility index (Phi) is 7.25. The summed E-state index contributed by atoms with van der Waals surface area (Å²) < 4.78 is 46.6. The van der Waals surface area contributed by atoms with Gasteiger partial charge in [-0.3, -0.25) is 4.79 Å². The van der Waals surface area contributed by atoms with Crippen molar-refractivity contribution >= 4 is 15.9 Å². The minimum atomic E-state index is -3.73. The number of halogens is 1. The predicted octanol–water partition coefficient (Wildman–Crippen LogP) is 3.86. The average molecular weight is 463 g/mol. The van der Waals surface area contributed by atoms with Gasteiger partial charge in [0.1, 0.15) is 11.6 Å². The lowest BCUT2D eigenvalue weighted by Gasteiger charge is -2.33. The van der Waals surface area contributed by atoms with Crippen LogP contribution >= 0.6 is 0 Å². The zero-order valence-electron chi connectivity index (χ0n) is 19.0. The number of amides is 1. The number of nitrogens with one attached hydrogen (secondary N) is 1. The van der Waals surface area contributed by atoms with Crippen LogP contribution in [0.5, 0.6) is 5.75 Å². The first-order valence-electron chi connectivity index (χ1n) is 10.8. The summed E-state index contributed by atoms with van der Waals surface area (Å²) in [5.41, 5.74) is 1.11. The van der Waals surface area contributed by atoms with Gasteiger partial charge in [-0.05, 0) is 67.1 Å². The van der Waals surface area contributed by atoms with Crippen molar-refractivity contribution in [3.63, 3.8) is 0 Å². The first kappa shape index (κ1) is 24.2. The molecule has 0 spiro atoms. The molecule has 1 aliphatic heterocycles. The maximum absolute atomic E-state index is 13.1. The highest BCUT2D eigenvalue weighted by Gasteiger charge is 2.29. The van der Waals surface area contributed by atoms with E-state index in [-0.39, 0.29) is 22.3 Å². The summed E-state index contributed by atoms with van der Waals surface area (Å²) in [5.74, 6) is 0.0449. The van der Waals surface area contributed by atoms with Crippen LogP contribution in [0.1, 0.15) is 46.1 Å². The molecule has 0 radical (unpaired) electrons. The Morgan fingerprint density at radius 1 is 1.12 bits per heavy atom. The topological polar surface area (TPSA) is 75.7 Å². The smallest absolute Gasteiger partial charge is 0.263 e. The summed E-state index contributed by atoms with van der Waals surface area (Å²) in [5, 5.41) is 0. The summed E-state index contributed by atoms with van der Waals surface area (Å²) in [7, 11) is -3.73. The van der Waals surface area contributed by atoms with E-state index in [0.717, 1.165) is 17.7 Å². The molecule has 1 fully saturated rings. The minimum absolute atomic E-state index is 0.0181. The van der Waals surface area contributed by atoms with Gasteiger partial charge in [-0.1, -0.05) is 32.9 Å². The van der Waals surface area contributed by atoms with Crippen LogP contribution in [-0.4, -0.2) is 44.5 Å². The van der Waals surface area contributed by atoms with E-state index in [0.29, 0.717) is 31.7 Å². The number of hydrogen-bond donors (Lipinski definition) is 1. The van der Waals surface area contributed by atoms with Crippen molar-refractivity contribution in [2.45, 2.75) is 63.0 Å². The minimum Gasteiger partial charge on any atom is -0.481 e. The zero-order valence-corrected chi connectivity index (χ0v) is 19.8. The second-order valence-electron chi connectivity index (χ2n) is 9.21. The van der Waals surface area contributed by atoms with Crippen molar-refractivity contribution in [1.82, 2.24) is 9.62 Å². The molecule has 6 nitrogen and oxygen atoms in total. The molecule has 2 aromatic rings. The summed E-state index contributed by atoms with van der Waals surface area (Å²) in [4.78, 5) is 14.6. The van der Waals surface area contributed by atoms with E-state index in [1.165, 1.54) is 12.1 Å². The van der Waals surface area contributed by atoms with Crippen molar-refractivity contribution in [2.24, 2.45) is 0 Å². The van der Waals surface area contributed by atoms with Crippen LogP contribution in [0.4, 0.5) is 4.39 Å². The molecule has 1 aliphatic rings. The number of carbonyl (C=O) groups is 1. The third-order valence-corrected chi connectivity index (χ3v) is 7.15. The van der Waals surface area contributed by atoms with Crippen molar-refractivity contribution in [2.75, 3.05) is 13.1 Å². The van der Waals surface area contributed by atoms with Gasteiger partial charge in [0, 0.05) is 19.1 Å². The fraction of sp³-hybridized carbons (Fsp3) is 0.458. The molecular weight excluding hydrogens is 431 g/mol. The first-order chi connectivity index (χ1) is 15.0. The Bertz CT molecular complexity index is 1040.